The van der Waals surface area contributed by atoms with Crippen LogP contribution in [-0.2, 0) is 27.2 Å². The standard InChI is InChI=1S/C22H26FN3O3/c1-13-6-4-7-14(2)18(13)12-19(21(24)28)26-22(29)20(25-15(3)27)11-16-8-5-9-17(23)10-16/h4-10,19-20H,11-12H2,1-3H3,(H2,24,28)(H,25,27)(H,26,29)/t19-,20-/m0/s1. The topological polar surface area (TPSA) is 101 Å². The van der Waals surface area contributed by atoms with Crippen LogP contribution in [0.15, 0.2) is 42.5 Å². The number of primary amides is 1. The quantitative estimate of drug-likeness (QED) is 0.630. The molecule has 0 aliphatic heterocycles. The van der Waals surface area contributed by atoms with E-state index in [9.17, 15) is 18.8 Å². The first kappa shape index (κ1) is 22.1. The molecule has 0 aliphatic carbocycles. The zero-order valence-electron chi connectivity index (χ0n) is 16.8. The first-order valence-electron chi connectivity index (χ1n) is 9.33. The molecule has 0 heterocycles. The van der Waals surface area contributed by atoms with Crippen molar-refractivity contribution < 1.29 is 18.8 Å². The second kappa shape index (κ2) is 9.82. The number of amides is 3. The number of hydrogen-bond donors (Lipinski definition) is 3. The average Bonchev–Trinajstić information content (AvgIpc) is 2.62. The lowest BCUT2D eigenvalue weighted by Gasteiger charge is -2.23. The zero-order chi connectivity index (χ0) is 21.6. The van der Waals surface area contributed by atoms with Crippen LogP contribution in [0.4, 0.5) is 4.39 Å². The summed E-state index contributed by atoms with van der Waals surface area (Å²) in [6.45, 7) is 5.13. The third-order valence-corrected chi connectivity index (χ3v) is 4.74. The SMILES string of the molecule is CC(=O)N[C@@H](Cc1cccc(F)c1)C(=O)N[C@@H](Cc1c(C)cccc1C)C(N)=O. The lowest BCUT2D eigenvalue weighted by molar-refractivity contribution is -0.130. The molecular formula is C22H26FN3O3. The minimum Gasteiger partial charge on any atom is -0.368 e. The van der Waals surface area contributed by atoms with E-state index in [-0.39, 0.29) is 12.8 Å². The molecule has 0 unspecified atom stereocenters. The Labute approximate surface area is 169 Å². The summed E-state index contributed by atoms with van der Waals surface area (Å²) in [5.41, 5.74) is 8.97. The predicted molar refractivity (Wildman–Crippen MR) is 108 cm³/mol. The molecule has 7 heteroatoms. The molecule has 2 aromatic carbocycles. The fourth-order valence-electron chi connectivity index (χ4n) is 3.22. The Morgan fingerprint density at radius 2 is 1.59 bits per heavy atom. The van der Waals surface area contributed by atoms with Gasteiger partial charge in [-0.05, 0) is 48.2 Å². The summed E-state index contributed by atoms with van der Waals surface area (Å²) in [4.78, 5) is 36.4. The third kappa shape index (κ3) is 6.41. The smallest absolute Gasteiger partial charge is 0.243 e. The van der Waals surface area contributed by atoms with E-state index in [0.717, 1.165) is 16.7 Å². The zero-order valence-corrected chi connectivity index (χ0v) is 16.8. The van der Waals surface area contributed by atoms with Crippen molar-refractivity contribution in [1.82, 2.24) is 10.6 Å². The molecule has 29 heavy (non-hydrogen) atoms. The van der Waals surface area contributed by atoms with Crippen molar-refractivity contribution in [2.45, 2.75) is 45.7 Å². The lowest BCUT2D eigenvalue weighted by Crippen LogP contribution is -2.54. The summed E-state index contributed by atoms with van der Waals surface area (Å²) in [5, 5.41) is 5.19. The highest BCUT2D eigenvalue weighted by Gasteiger charge is 2.26. The normalized spacial score (nSPS) is 12.7. The van der Waals surface area contributed by atoms with Crippen molar-refractivity contribution in [3.8, 4) is 0 Å². The maximum atomic E-state index is 13.5. The van der Waals surface area contributed by atoms with E-state index in [1.165, 1.54) is 25.1 Å². The van der Waals surface area contributed by atoms with Gasteiger partial charge in [-0.1, -0.05) is 30.3 Å². The second-order valence-electron chi connectivity index (χ2n) is 7.13. The average molecular weight is 399 g/mol. The molecule has 2 aromatic rings. The molecule has 0 spiro atoms. The second-order valence-corrected chi connectivity index (χ2v) is 7.13. The number of benzene rings is 2. The molecule has 4 N–H and O–H groups in total. The van der Waals surface area contributed by atoms with Crippen LogP contribution in [0.3, 0.4) is 0 Å². The van der Waals surface area contributed by atoms with Gasteiger partial charge in [-0.25, -0.2) is 4.39 Å². The molecule has 6 nitrogen and oxygen atoms in total. The number of rotatable bonds is 8. The molecule has 0 saturated carbocycles. The van der Waals surface area contributed by atoms with E-state index in [1.54, 1.807) is 6.07 Å². The fourth-order valence-corrected chi connectivity index (χ4v) is 3.22. The van der Waals surface area contributed by atoms with Crippen LogP contribution in [0.5, 0.6) is 0 Å². The van der Waals surface area contributed by atoms with Crippen molar-refractivity contribution >= 4 is 17.7 Å². The molecule has 2 rings (SSSR count). The van der Waals surface area contributed by atoms with Crippen LogP contribution in [0.2, 0.25) is 0 Å². The molecule has 0 saturated heterocycles. The van der Waals surface area contributed by atoms with Crippen LogP contribution in [-0.4, -0.2) is 29.8 Å². The summed E-state index contributed by atoms with van der Waals surface area (Å²) in [5.74, 6) is -2.07. The number of nitrogens with two attached hydrogens (primary N) is 1. The Hall–Kier alpha value is -3.22. The summed E-state index contributed by atoms with van der Waals surface area (Å²) >= 11 is 0. The van der Waals surface area contributed by atoms with Gasteiger partial charge in [0.05, 0.1) is 0 Å². The van der Waals surface area contributed by atoms with Crippen LogP contribution in [0.25, 0.3) is 0 Å². The van der Waals surface area contributed by atoms with Gasteiger partial charge in [0.15, 0.2) is 0 Å². The number of hydrogen-bond acceptors (Lipinski definition) is 3. The van der Waals surface area contributed by atoms with E-state index in [1.807, 2.05) is 32.0 Å². The van der Waals surface area contributed by atoms with Gasteiger partial charge in [-0.15, -0.1) is 0 Å². The van der Waals surface area contributed by atoms with Crippen LogP contribution < -0.4 is 16.4 Å². The van der Waals surface area contributed by atoms with Gasteiger partial charge in [0, 0.05) is 19.8 Å². The van der Waals surface area contributed by atoms with Crippen molar-refractivity contribution in [2.75, 3.05) is 0 Å². The highest BCUT2D eigenvalue weighted by atomic mass is 19.1. The van der Waals surface area contributed by atoms with Gasteiger partial charge in [0.1, 0.15) is 17.9 Å². The molecule has 3 amide bonds. The Bertz CT molecular complexity index is 894. The van der Waals surface area contributed by atoms with Gasteiger partial charge in [-0.3, -0.25) is 14.4 Å². The van der Waals surface area contributed by atoms with Gasteiger partial charge >= 0.3 is 0 Å². The number of halogens is 1. The number of nitrogens with one attached hydrogen (secondary N) is 2. The molecule has 0 aromatic heterocycles. The minimum atomic E-state index is -0.964. The Morgan fingerprint density at radius 3 is 2.14 bits per heavy atom. The maximum Gasteiger partial charge on any atom is 0.243 e. The van der Waals surface area contributed by atoms with Gasteiger partial charge in [0.25, 0.3) is 0 Å². The van der Waals surface area contributed by atoms with Crippen molar-refractivity contribution in [1.29, 1.82) is 0 Å². The summed E-state index contributed by atoms with van der Waals surface area (Å²) in [7, 11) is 0. The highest BCUT2D eigenvalue weighted by Crippen LogP contribution is 2.16. The molecule has 0 aliphatic rings. The number of carbonyl (C=O) groups excluding carboxylic acids is 3. The van der Waals surface area contributed by atoms with Crippen LogP contribution in [0.1, 0.15) is 29.2 Å². The third-order valence-electron chi connectivity index (χ3n) is 4.74. The number of carbonyl (C=O) groups is 3. The fraction of sp³-hybridized carbons (Fsp3) is 0.318. The summed E-state index contributed by atoms with van der Waals surface area (Å²) < 4.78 is 13.5. The van der Waals surface area contributed by atoms with E-state index >= 15 is 0 Å². The largest absolute Gasteiger partial charge is 0.368 e. The van der Waals surface area contributed by atoms with Gasteiger partial charge in [0.2, 0.25) is 17.7 Å². The van der Waals surface area contributed by atoms with Crippen molar-refractivity contribution in [3.63, 3.8) is 0 Å². The van der Waals surface area contributed by atoms with Crippen LogP contribution >= 0.6 is 0 Å². The van der Waals surface area contributed by atoms with Gasteiger partial charge in [-0.2, -0.15) is 0 Å². The van der Waals surface area contributed by atoms with Gasteiger partial charge < -0.3 is 16.4 Å². The summed E-state index contributed by atoms with van der Waals surface area (Å²) in [6.07, 6.45) is 0.324. The Kier molecular flexibility index (Phi) is 7.47. The van der Waals surface area contributed by atoms with E-state index in [2.05, 4.69) is 10.6 Å². The van der Waals surface area contributed by atoms with Crippen LogP contribution in [0, 0.1) is 19.7 Å². The molecule has 154 valence electrons. The van der Waals surface area contributed by atoms with E-state index < -0.39 is 35.6 Å². The number of aryl methyl sites for hydroxylation is 2. The molecule has 2 atom stereocenters. The molecule has 0 bridgehead atoms. The Morgan fingerprint density at radius 1 is 0.966 bits per heavy atom. The Balaban J connectivity index is 2.19. The van der Waals surface area contributed by atoms with E-state index in [0.29, 0.717) is 5.56 Å². The molecular weight excluding hydrogens is 373 g/mol. The predicted octanol–water partition coefficient (Wildman–Crippen LogP) is 1.70. The highest BCUT2D eigenvalue weighted by molar-refractivity contribution is 5.91. The minimum absolute atomic E-state index is 0.0814. The monoisotopic (exact) mass is 399 g/mol. The first-order chi connectivity index (χ1) is 13.7. The lowest BCUT2D eigenvalue weighted by atomic mass is 9.95. The maximum absolute atomic E-state index is 13.5. The first-order valence-corrected chi connectivity index (χ1v) is 9.33. The van der Waals surface area contributed by atoms with Crippen molar-refractivity contribution in [3.05, 3.63) is 70.5 Å². The summed E-state index contributed by atoms with van der Waals surface area (Å²) in [6, 6.07) is 9.64. The van der Waals surface area contributed by atoms with Crippen molar-refractivity contribution in [2.24, 2.45) is 5.73 Å². The molecule has 0 radical (unpaired) electrons. The molecule has 0 fully saturated rings. The van der Waals surface area contributed by atoms with E-state index in [4.69, 9.17) is 5.73 Å².